The number of alkyl carbamates (subject to hydrolysis) is 1. The average Bonchev–Trinajstić information content (AvgIpc) is 2.34. The molecule has 0 aliphatic rings. The van der Waals surface area contributed by atoms with Crippen LogP contribution >= 0.6 is 0 Å². The fourth-order valence-electron chi connectivity index (χ4n) is 1.41. The summed E-state index contributed by atoms with van der Waals surface area (Å²) in [5.74, 6) is -0.966. The monoisotopic (exact) mass is 309 g/mol. The Bertz CT molecular complexity index is 505. The van der Waals surface area contributed by atoms with Crippen molar-refractivity contribution in [1.82, 2.24) is 5.32 Å². The maximum Gasteiger partial charge on any atom is 0.408 e. The van der Waals surface area contributed by atoms with Gasteiger partial charge in [0.25, 0.3) is 5.97 Å². The maximum atomic E-state index is 11.7. The van der Waals surface area contributed by atoms with Crippen LogP contribution in [0.4, 0.5) is 4.79 Å². The minimum Gasteiger partial charge on any atom is -0.481 e. The minimum absolute atomic E-state index is 0.132. The van der Waals surface area contributed by atoms with Crippen LogP contribution in [0.3, 0.4) is 0 Å². The third-order valence-corrected chi connectivity index (χ3v) is 2.10. The van der Waals surface area contributed by atoms with E-state index in [1.54, 1.807) is 32.9 Å². The van der Waals surface area contributed by atoms with Gasteiger partial charge in [-0.1, -0.05) is 30.3 Å². The average molecular weight is 309 g/mol. The van der Waals surface area contributed by atoms with Crippen LogP contribution < -0.4 is 11.1 Å². The van der Waals surface area contributed by atoms with Crippen LogP contribution in [0.15, 0.2) is 30.3 Å². The lowest BCUT2D eigenvalue weighted by Crippen LogP contribution is -2.40. The van der Waals surface area contributed by atoms with Gasteiger partial charge < -0.3 is 20.9 Å². The van der Waals surface area contributed by atoms with Crippen molar-refractivity contribution in [2.24, 2.45) is 5.73 Å². The van der Waals surface area contributed by atoms with Crippen LogP contribution in [0, 0.1) is 5.41 Å². The Morgan fingerprint density at radius 3 is 2.09 bits per heavy atom. The Hall–Kier alpha value is -2.57. The normalized spacial score (nSPS) is 11.5. The summed E-state index contributed by atoms with van der Waals surface area (Å²) in [4.78, 5) is 20.7. The van der Waals surface area contributed by atoms with Gasteiger partial charge in [-0.05, 0) is 26.3 Å². The van der Waals surface area contributed by atoms with Gasteiger partial charge >= 0.3 is 6.09 Å². The zero-order valence-electron chi connectivity index (χ0n) is 13.2. The van der Waals surface area contributed by atoms with Gasteiger partial charge in [0.2, 0.25) is 0 Å². The lowest BCUT2D eigenvalue weighted by Gasteiger charge is -2.23. The molecule has 1 unspecified atom stereocenters. The van der Waals surface area contributed by atoms with Gasteiger partial charge in [0.05, 0.1) is 0 Å². The molecule has 5 N–H and O–H groups in total. The molecule has 0 saturated carbocycles. The molecule has 0 fully saturated rings. The zero-order chi connectivity index (χ0) is 17.3. The highest BCUT2D eigenvalue weighted by Crippen LogP contribution is 2.14. The van der Waals surface area contributed by atoms with Gasteiger partial charge in [-0.3, -0.25) is 10.2 Å². The summed E-state index contributed by atoms with van der Waals surface area (Å²) in [6.07, 6.45) is -0.591. The smallest absolute Gasteiger partial charge is 0.408 e. The van der Waals surface area contributed by atoms with Crippen molar-refractivity contribution in [3.05, 3.63) is 35.9 Å². The first kappa shape index (κ1) is 19.4. The largest absolute Gasteiger partial charge is 0.481 e. The molecule has 1 aromatic rings. The summed E-state index contributed by atoms with van der Waals surface area (Å²) < 4.78 is 5.14. The Morgan fingerprint density at radius 2 is 1.73 bits per heavy atom. The first-order chi connectivity index (χ1) is 10.0. The molecular weight excluding hydrogens is 286 g/mol. The molecule has 1 atom stereocenters. The molecule has 0 radical (unpaired) electrons. The summed E-state index contributed by atoms with van der Waals surface area (Å²) in [5.41, 5.74) is 5.66. The maximum absolute atomic E-state index is 11.7. The van der Waals surface area contributed by atoms with Crippen LogP contribution in [0.2, 0.25) is 0 Å². The summed E-state index contributed by atoms with van der Waals surface area (Å²) in [7, 11) is 0. The molecule has 0 aromatic heterocycles. The van der Waals surface area contributed by atoms with Crippen molar-refractivity contribution in [3.8, 4) is 0 Å². The van der Waals surface area contributed by atoms with Crippen molar-refractivity contribution in [1.29, 1.82) is 5.41 Å². The third-order valence-electron chi connectivity index (χ3n) is 2.10. The third kappa shape index (κ3) is 9.35. The topological polar surface area (TPSA) is 125 Å². The van der Waals surface area contributed by atoms with Crippen LogP contribution in [-0.4, -0.2) is 28.6 Å². The molecule has 122 valence electrons. The summed E-state index contributed by atoms with van der Waals surface area (Å²) >= 11 is 0. The van der Waals surface area contributed by atoms with Crippen LogP contribution in [0.1, 0.15) is 39.3 Å². The molecular formula is C15H23N3O4. The Labute approximate surface area is 130 Å². The number of rotatable bonds is 3. The number of ether oxygens (including phenoxy) is 1. The second-order valence-electron chi connectivity index (χ2n) is 5.46. The second-order valence-corrected chi connectivity index (χ2v) is 5.46. The van der Waals surface area contributed by atoms with E-state index < -0.39 is 23.7 Å². The lowest BCUT2D eigenvalue weighted by atomic mass is 10.1. The SMILES string of the molecule is CC(=O)O.CC(C)(C)OC(=O)NC(C(=N)N)c1ccccc1. The van der Waals surface area contributed by atoms with Crippen molar-refractivity contribution in [2.45, 2.75) is 39.3 Å². The zero-order valence-corrected chi connectivity index (χ0v) is 13.2. The number of carbonyl (C=O) groups is 2. The summed E-state index contributed by atoms with van der Waals surface area (Å²) in [6, 6.07) is 8.42. The number of amides is 1. The van der Waals surface area contributed by atoms with E-state index >= 15 is 0 Å². The second kappa shape index (κ2) is 8.66. The van der Waals surface area contributed by atoms with E-state index in [0.29, 0.717) is 0 Å². The highest BCUT2D eigenvalue weighted by molar-refractivity contribution is 5.87. The number of benzene rings is 1. The van der Waals surface area contributed by atoms with E-state index in [2.05, 4.69) is 5.32 Å². The van der Waals surface area contributed by atoms with Crippen LogP contribution in [0.5, 0.6) is 0 Å². The fraction of sp³-hybridized carbons (Fsp3) is 0.400. The number of carbonyl (C=O) groups excluding carboxylic acids is 1. The number of carboxylic acid groups (broad SMARTS) is 1. The van der Waals surface area contributed by atoms with E-state index in [0.717, 1.165) is 12.5 Å². The first-order valence-electron chi connectivity index (χ1n) is 6.61. The number of carboxylic acids is 1. The highest BCUT2D eigenvalue weighted by atomic mass is 16.6. The summed E-state index contributed by atoms with van der Waals surface area (Å²) in [5, 5.41) is 17.5. The van der Waals surface area contributed by atoms with Crippen LogP contribution in [0.25, 0.3) is 0 Å². The first-order valence-corrected chi connectivity index (χ1v) is 6.61. The molecule has 0 saturated heterocycles. The predicted molar refractivity (Wildman–Crippen MR) is 83.8 cm³/mol. The van der Waals surface area contributed by atoms with Crippen molar-refractivity contribution in [3.63, 3.8) is 0 Å². The lowest BCUT2D eigenvalue weighted by molar-refractivity contribution is -0.134. The van der Waals surface area contributed by atoms with Gasteiger partial charge in [0.15, 0.2) is 0 Å². The number of aliphatic carboxylic acids is 1. The van der Waals surface area contributed by atoms with E-state index in [1.165, 1.54) is 0 Å². The van der Waals surface area contributed by atoms with Gasteiger partial charge in [0.1, 0.15) is 17.5 Å². The molecule has 0 aliphatic carbocycles. The van der Waals surface area contributed by atoms with Gasteiger partial charge in [-0.25, -0.2) is 4.79 Å². The molecule has 0 spiro atoms. The number of amidine groups is 1. The molecule has 1 rings (SSSR count). The predicted octanol–water partition coefficient (Wildman–Crippen LogP) is 2.28. The van der Waals surface area contributed by atoms with Crippen molar-refractivity contribution in [2.75, 3.05) is 0 Å². The molecule has 0 bridgehead atoms. The molecule has 22 heavy (non-hydrogen) atoms. The van der Waals surface area contributed by atoms with Gasteiger partial charge in [-0.2, -0.15) is 0 Å². The van der Waals surface area contributed by atoms with Crippen LogP contribution in [-0.2, 0) is 9.53 Å². The quantitative estimate of drug-likeness (QED) is 0.503. The minimum atomic E-state index is -0.833. The standard InChI is InChI=1S/C13H19N3O2.C2H4O2/c1-13(2,3)18-12(17)16-10(11(14)15)9-7-5-4-6-8-9;1-2(3)4/h4-8,10H,1-3H3,(H3,14,15)(H,16,17);1H3,(H,3,4). The number of nitrogens with one attached hydrogen (secondary N) is 2. The van der Waals surface area contributed by atoms with E-state index in [4.69, 9.17) is 25.8 Å². The molecule has 0 heterocycles. The highest BCUT2D eigenvalue weighted by Gasteiger charge is 2.21. The van der Waals surface area contributed by atoms with Gasteiger partial charge in [0, 0.05) is 6.92 Å². The summed E-state index contributed by atoms with van der Waals surface area (Å²) in [6.45, 7) is 6.41. The molecule has 1 amide bonds. The fourth-order valence-corrected chi connectivity index (χ4v) is 1.41. The Balaban J connectivity index is 0.000000980. The molecule has 7 nitrogen and oxygen atoms in total. The molecule has 1 aromatic carbocycles. The Morgan fingerprint density at radius 1 is 1.27 bits per heavy atom. The molecule has 0 aliphatic heterocycles. The Kier molecular flexibility index (Phi) is 7.65. The van der Waals surface area contributed by atoms with Crippen molar-refractivity contribution >= 4 is 17.9 Å². The van der Waals surface area contributed by atoms with E-state index in [1.807, 2.05) is 18.2 Å². The van der Waals surface area contributed by atoms with E-state index in [-0.39, 0.29) is 5.84 Å². The van der Waals surface area contributed by atoms with Gasteiger partial charge in [-0.15, -0.1) is 0 Å². The van der Waals surface area contributed by atoms with E-state index in [9.17, 15) is 4.79 Å². The number of nitrogens with two attached hydrogens (primary N) is 1. The van der Waals surface area contributed by atoms with Crippen molar-refractivity contribution < 1.29 is 19.4 Å². The molecule has 7 heteroatoms. The number of hydrogen-bond donors (Lipinski definition) is 4. The number of hydrogen-bond acceptors (Lipinski definition) is 4.